The highest BCUT2D eigenvalue weighted by Crippen LogP contribution is 2.24. The fourth-order valence-electron chi connectivity index (χ4n) is 2.45. The lowest BCUT2D eigenvalue weighted by Gasteiger charge is -2.19. The van der Waals surface area contributed by atoms with Crippen LogP contribution < -0.4 is 5.46 Å². The van der Waals surface area contributed by atoms with Crippen molar-refractivity contribution < 1.29 is 0 Å². The van der Waals surface area contributed by atoms with Gasteiger partial charge in [-0.15, -0.1) is 0 Å². The van der Waals surface area contributed by atoms with Crippen molar-refractivity contribution in [1.82, 2.24) is 0 Å². The lowest BCUT2D eigenvalue weighted by molar-refractivity contribution is 0.897. The fourth-order valence-corrected chi connectivity index (χ4v) is 5.83. The molecular formula is C17H29BS2. The van der Waals surface area contributed by atoms with Gasteiger partial charge in [0.15, 0.2) is 0 Å². The van der Waals surface area contributed by atoms with Crippen molar-refractivity contribution in [3.8, 4) is 0 Å². The number of unbranched alkanes of at least 4 members (excludes halogenated alkanes) is 2. The smallest absolute Gasteiger partial charge is 0.190 e. The van der Waals surface area contributed by atoms with Gasteiger partial charge in [0, 0.05) is 0 Å². The molecular weight excluding hydrogens is 279 g/mol. The van der Waals surface area contributed by atoms with Crippen LogP contribution in [0.15, 0.2) is 12.1 Å². The van der Waals surface area contributed by atoms with Crippen LogP contribution >= 0.6 is 23.2 Å². The van der Waals surface area contributed by atoms with Gasteiger partial charge in [0.05, 0.1) is 0 Å². The molecule has 1 aromatic carbocycles. The fraction of sp³-hybridized carbons (Fsp3) is 0.647. The van der Waals surface area contributed by atoms with Crippen LogP contribution in [0.3, 0.4) is 0 Å². The monoisotopic (exact) mass is 308 g/mol. The van der Waals surface area contributed by atoms with E-state index in [0.29, 0.717) is 5.27 Å². The van der Waals surface area contributed by atoms with Gasteiger partial charge in [-0.05, 0) is 45.1 Å². The summed E-state index contributed by atoms with van der Waals surface area (Å²) in [6.45, 7) is 11.3. The molecule has 0 unspecified atom stereocenters. The zero-order valence-electron chi connectivity index (χ0n) is 13.8. The maximum absolute atomic E-state index is 2.34. The van der Waals surface area contributed by atoms with E-state index in [9.17, 15) is 0 Å². The molecule has 112 valence electrons. The Morgan fingerprint density at radius 2 is 1.30 bits per heavy atom. The Kier molecular flexibility index (Phi) is 8.87. The highest BCUT2D eigenvalue weighted by molar-refractivity contribution is 8.55. The SMILES string of the molecule is CCCCSB(SCCCC)c1c(C)cc(C)cc1C. The summed E-state index contributed by atoms with van der Waals surface area (Å²) < 4.78 is 0. The van der Waals surface area contributed by atoms with Crippen LogP contribution in [-0.4, -0.2) is 16.8 Å². The molecule has 0 N–H and O–H groups in total. The molecule has 0 heterocycles. The van der Waals surface area contributed by atoms with E-state index in [1.165, 1.54) is 53.9 Å². The van der Waals surface area contributed by atoms with Crippen LogP contribution in [0.4, 0.5) is 0 Å². The summed E-state index contributed by atoms with van der Waals surface area (Å²) in [4.78, 5) is 0. The minimum absolute atomic E-state index is 0.619. The summed E-state index contributed by atoms with van der Waals surface area (Å²) in [7, 11) is 0. The maximum Gasteiger partial charge on any atom is 0.308 e. The first-order valence-corrected chi connectivity index (χ1v) is 10.0. The predicted octanol–water partition coefficient (Wildman–Crippen LogP) is 5.37. The van der Waals surface area contributed by atoms with Gasteiger partial charge < -0.3 is 0 Å². The quantitative estimate of drug-likeness (QED) is 0.444. The Morgan fingerprint density at radius 1 is 0.850 bits per heavy atom. The normalized spacial score (nSPS) is 10.8. The summed E-state index contributed by atoms with van der Waals surface area (Å²) in [6.07, 6.45) is 5.26. The van der Waals surface area contributed by atoms with E-state index in [4.69, 9.17) is 0 Å². The van der Waals surface area contributed by atoms with Gasteiger partial charge in [0.25, 0.3) is 0 Å². The number of aryl methyl sites for hydroxylation is 3. The average molecular weight is 308 g/mol. The minimum Gasteiger partial charge on any atom is -0.190 e. The van der Waals surface area contributed by atoms with Crippen LogP contribution in [0.1, 0.15) is 56.2 Å². The Hall–Kier alpha value is -0.0151. The zero-order chi connectivity index (χ0) is 15.0. The third kappa shape index (κ3) is 5.77. The molecule has 0 saturated carbocycles. The Labute approximate surface area is 134 Å². The molecule has 0 aliphatic heterocycles. The molecule has 0 spiro atoms. The van der Waals surface area contributed by atoms with Gasteiger partial charge in [-0.2, -0.15) is 23.2 Å². The van der Waals surface area contributed by atoms with Crippen molar-refractivity contribution >= 4 is 34.0 Å². The van der Waals surface area contributed by atoms with Crippen molar-refractivity contribution in [3.63, 3.8) is 0 Å². The topological polar surface area (TPSA) is 0 Å². The molecule has 0 aromatic heterocycles. The third-order valence-electron chi connectivity index (χ3n) is 3.51. The van der Waals surface area contributed by atoms with E-state index in [1.54, 1.807) is 5.46 Å². The van der Waals surface area contributed by atoms with Crippen LogP contribution in [0.2, 0.25) is 0 Å². The largest absolute Gasteiger partial charge is 0.308 e. The van der Waals surface area contributed by atoms with Crippen LogP contribution in [0, 0.1) is 20.8 Å². The van der Waals surface area contributed by atoms with E-state index < -0.39 is 0 Å². The zero-order valence-corrected chi connectivity index (χ0v) is 15.4. The van der Waals surface area contributed by atoms with Crippen molar-refractivity contribution in [3.05, 3.63) is 28.8 Å². The number of hydrogen-bond acceptors (Lipinski definition) is 2. The molecule has 0 radical (unpaired) electrons. The lowest BCUT2D eigenvalue weighted by atomic mass is 9.83. The van der Waals surface area contributed by atoms with Gasteiger partial charge in [-0.1, -0.05) is 61.0 Å². The van der Waals surface area contributed by atoms with Crippen molar-refractivity contribution in [2.45, 2.75) is 60.3 Å². The summed E-state index contributed by atoms with van der Waals surface area (Å²) >= 11 is 4.29. The van der Waals surface area contributed by atoms with Gasteiger partial charge in [-0.25, -0.2) is 0 Å². The number of rotatable bonds is 9. The van der Waals surface area contributed by atoms with Crippen molar-refractivity contribution in [2.24, 2.45) is 0 Å². The van der Waals surface area contributed by atoms with Crippen molar-refractivity contribution in [2.75, 3.05) is 11.5 Å². The van der Waals surface area contributed by atoms with Crippen LogP contribution in [0.5, 0.6) is 0 Å². The highest BCUT2D eigenvalue weighted by Gasteiger charge is 2.22. The van der Waals surface area contributed by atoms with Gasteiger partial charge >= 0.3 is 5.27 Å². The number of benzene rings is 1. The second-order valence-corrected chi connectivity index (χ2v) is 8.32. The van der Waals surface area contributed by atoms with Crippen LogP contribution in [0.25, 0.3) is 0 Å². The molecule has 0 amide bonds. The highest BCUT2D eigenvalue weighted by atomic mass is 32.2. The molecule has 20 heavy (non-hydrogen) atoms. The summed E-state index contributed by atoms with van der Waals surface area (Å²) in [6, 6.07) is 4.69. The molecule has 0 aliphatic carbocycles. The number of hydrogen-bond donors (Lipinski definition) is 0. The van der Waals surface area contributed by atoms with Gasteiger partial charge in [-0.3, -0.25) is 0 Å². The molecule has 0 aliphatic rings. The van der Waals surface area contributed by atoms with Crippen molar-refractivity contribution in [1.29, 1.82) is 0 Å². The molecule has 0 atom stereocenters. The summed E-state index contributed by atoms with van der Waals surface area (Å²) in [5, 5.41) is 0.619. The first-order valence-electron chi connectivity index (χ1n) is 7.91. The Balaban J connectivity index is 2.84. The second-order valence-electron chi connectivity index (χ2n) is 5.59. The van der Waals surface area contributed by atoms with E-state index in [-0.39, 0.29) is 0 Å². The van der Waals surface area contributed by atoms with Gasteiger partial charge in [0.2, 0.25) is 0 Å². The van der Waals surface area contributed by atoms with E-state index in [1.807, 2.05) is 0 Å². The lowest BCUT2D eigenvalue weighted by Crippen LogP contribution is -2.30. The van der Waals surface area contributed by atoms with E-state index in [2.05, 4.69) is 70.0 Å². The Bertz CT molecular complexity index is 371. The third-order valence-corrected chi connectivity index (χ3v) is 6.45. The molecule has 1 aromatic rings. The van der Waals surface area contributed by atoms with Gasteiger partial charge in [0.1, 0.15) is 0 Å². The summed E-state index contributed by atoms with van der Waals surface area (Å²) in [5.74, 6) is 2.57. The second kappa shape index (κ2) is 9.84. The predicted molar refractivity (Wildman–Crippen MR) is 101 cm³/mol. The Morgan fingerprint density at radius 3 is 1.70 bits per heavy atom. The molecule has 0 fully saturated rings. The summed E-state index contributed by atoms with van der Waals surface area (Å²) in [5.41, 5.74) is 5.92. The molecule has 3 heteroatoms. The van der Waals surface area contributed by atoms with Crippen LogP contribution in [-0.2, 0) is 0 Å². The molecule has 0 saturated heterocycles. The van der Waals surface area contributed by atoms with E-state index >= 15 is 0 Å². The first-order chi connectivity index (χ1) is 9.60. The first kappa shape index (κ1) is 18.0. The maximum atomic E-state index is 2.34. The molecule has 0 nitrogen and oxygen atoms in total. The average Bonchev–Trinajstić information content (AvgIpc) is 2.37. The molecule has 0 bridgehead atoms. The minimum atomic E-state index is 0.619. The standard InChI is InChI=1S/C17H29BS2/c1-6-8-10-19-18(20-11-9-7-2)17-15(4)12-14(3)13-16(17)5/h12-13H,6-11H2,1-5H3. The molecule has 1 rings (SSSR count). The van der Waals surface area contributed by atoms with E-state index in [0.717, 1.165) is 0 Å².